The average Bonchev–Trinajstić information content (AvgIpc) is 2.72. The summed E-state index contributed by atoms with van der Waals surface area (Å²) < 4.78 is 46.0. The summed E-state index contributed by atoms with van der Waals surface area (Å²) in [4.78, 5) is 16.0. The second-order valence-electron chi connectivity index (χ2n) is 8.44. The summed E-state index contributed by atoms with van der Waals surface area (Å²) in [7, 11) is 0. The Bertz CT molecular complexity index is 943. The van der Waals surface area contributed by atoms with Crippen LogP contribution in [0.15, 0.2) is 48.5 Å². The van der Waals surface area contributed by atoms with Crippen LogP contribution in [0.4, 0.5) is 13.2 Å². The first-order valence-electron chi connectivity index (χ1n) is 10.4. The molecule has 1 unspecified atom stereocenters. The van der Waals surface area contributed by atoms with Gasteiger partial charge in [0.15, 0.2) is 0 Å². The highest BCUT2D eigenvalue weighted by molar-refractivity contribution is 6.35. The van der Waals surface area contributed by atoms with Crippen LogP contribution in [-0.4, -0.2) is 60.2 Å². The standard InChI is InChI=1S/C23H23Cl2F3N2O2/c24-18-10-17(11-19(25)12-18)21(31)30-8-6-22(7-9-30)14-29(15-23(26,27)28)13-20(32-22)16-4-2-1-3-5-16/h1-5,10-12,20H,6-9,13-15H2. The van der Waals surface area contributed by atoms with Crippen molar-refractivity contribution in [3.05, 3.63) is 69.7 Å². The average molecular weight is 487 g/mol. The van der Waals surface area contributed by atoms with Crippen molar-refractivity contribution in [2.45, 2.75) is 30.7 Å². The van der Waals surface area contributed by atoms with E-state index in [1.165, 1.54) is 4.90 Å². The Hall–Kier alpha value is -1.80. The zero-order valence-electron chi connectivity index (χ0n) is 17.2. The van der Waals surface area contributed by atoms with E-state index in [-0.39, 0.29) is 19.0 Å². The van der Waals surface area contributed by atoms with Gasteiger partial charge in [0.1, 0.15) is 0 Å². The number of halogens is 5. The largest absolute Gasteiger partial charge is 0.401 e. The SMILES string of the molecule is O=C(c1cc(Cl)cc(Cl)c1)N1CCC2(CC1)CN(CC(F)(F)F)CC(c1ccccc1)O2. The molecule has 2 saturated heterocycles. The van der Waals surface area contributed by atoms with Crippen molar-refractivity contribution in [3.63, 3.8) is 0 Å². The lowest BCUT2D eigenvalue weighted by Gasteiger charge is -2.50. The molecule has 2 aliphatic heterocycles. The van der Waals surface area contributed by atoms with Gasteiger partial charge in [-0.2, -0.15) is 13.2 Å². The molecule has 0 radical (unpaired) electrons. The number of rotatable bonds is 3. The first-order valence-corrected chi connectivity index (χ1v) is 11.2. The zero-order valence-corrected chi connectivity index (χ0v) is 18.8. The third-order valence-electron chi connectivity index (χ3n) is 5.97. The first kappa shape index (κ1) is 23.4. The third kappa shape index (κ3) is 5.57. The van der Waals surface area contributed by atoms with Gasteiger partial charge in [0.05, 0.1) is 18.2 Å². The molecule has 2 fully saturated rings. The van der Waals surface area contributed by atoms with Crippen LogP contribution in [0.5, 0.6) is 0 Å². The summed E-state index contributed by atoms with van der Waals surface area (Å²) in [5.41, 5.74) is 0.502. The highest BCUT2D eigenvalue weighted by Gasteiger charge is 2.46. The van der Waals surface area contributed by atoms with Gasteiger partial charge in [0.2, 0.25) is 0 Å². The molecule has 2 aromatic carbocycles. The Labute approximate surface area is 194 Å². The van der Waals surface area contributed by atoms with Crippen molar-refractivity contribution in [1.82, 2.24) is 9.80 Å². The quantitative estimate of drug-likeness (QED) is 0.565. The van der Waals surface area contributed by atoms with Crippen LogP contribution in [-0.2, 0) is 4.74 Å². The third-order valence-corrected chi connectivity index (χ3v) is 6.41. The summed E-state index contributed by atoms with van der Waals surface area (Å²) in [5.74, 6) is -0.202. The first-order chi connectivity index (χ1) is 15.1. The van der Waals surface area contributed by atoms with Crippen LogP contribution in [0.25, 0.3) is 0 Å². The number of benzene rings is 2. The summed E-state index contributed by atoms with van der Waals surface area (Å²) in [6.45, 7) is 0.134. The minimum absolute atomic E-state index is 0.176. The highest BCUT2D eigenvalue weighted by atomic mass is 35.5. The number of hydrogen-bond donors (Lipinski definition) is 0. The van der Waals surface area contributed by atoms with Gasteiger partial charge in [-0.1, -0.05) is 53.5 Å². The van der Waals surface area contributed by atoms with Crippen LogP contribution >= 0.6 is 23.2 Å². The zero-order chi connectivity index (χ0) is 22.9. The fourth-order valence-corrected chi connectivity index (χ4v) is 5.08. The topological polar surface area (TPSA) is 32.8 Å². The van der Waals surface area contributed by atoms with Crippen molar-refractivity contribution < 1.29 is 22.7 Å². The summed E-state index contributed by atoms with van der Waals surface area (Å²) in [6, 6.07) is 14.0. The number of amides is 1. The molecule has 4 nitrogen and oxygen atoms in total. The van der Waals surface area contributed by atoms with Crippen LogP contribution < -0.4 is 0 Å². The molecule has 32 heavy (non-hydrogen) atoms. The molecule has 172 valence electrons. The van der Waals surface area contributed by atoms with Gasteiger partial charge in [-0.05, 0) is 36.6 Å². The normalized spacial score (nSPS) is 21.7. The monoisotopic (exact) mass is 486 g/mol. The van der Waals surface area contributed by atoms with Gasteiger partial charge >= 0.3 is 6.18 Å². The molecule has 1 atom stereocenters. The molecule has 1 amide bonds. The van der Waals surface area contributed by atoms with Gasteiger partial charge < -0.3 is 9.64 Å². The number of carbonyl (C=O) groups excluding carboxylic acids is 1. The number of carbonyl (C=O) groups is 1. The van der Waals surface area contributed by atoms with Crippen LogP contribution in [0.1, 0.15) is 34.9 Å². The number of morpholine rings is 1. The molecule has 1 spiro atoms. The predicted octanol–water partition coefficient (Wildman–Crippen LogP) is 5.60. The number of nitrogens with zero attached hydrogens (tertiary/aromatic N) is 2. The van der Waals surface area contributed by atoms with E-state index >= 15 is 0 Å². The van der Waals surface area contributed by atoms with E-state index in [0.717, 1.165) is 5.56 Å². The number of alkyl halides is 3. The van der Waals surface area contributed by atoms with Crippen molar-refractivity contribution in [1.29, 1.82) is 0 Å². The van der Waals surface area contributed by atoms with Gasteiger partial charge in [0, 0.05) is 41.8 Å². The van der Waals surface area contributed by atoms with E-state index < -0.39 is 24.4 Å². The highest BCUT2D eigenvalue weighted by Crippen LogP contribution is 2.39. The Morgan fingerprint density at radius 2 is 1.69 bits per heavy atom. The van der Waals surface area contributed by atoms with Crippen molar-refractivity contribution >= 4 is 29.1 Å². The maximum Gasteiger partial charge on any atom is 0.401 e. The van der Waals surface area contributed by atoms with E-state index in [1.54, 1.807) is 23.1 Å². The van der Waals surface area contributed by atoms with Crippen LogP contribution in [0.3, 0.4) is 0 Å². The maximum absolute atomic E-state index is 13.2. The van der Waals surface area contributed by atoms with Gasteiger partial charge in [-0.3, -0.25) is 9.69 Å². The van der Waals surface area contributed by atoms with Gasteiger partial charge in [-0.15, -0.1) is 0 Å². The summed E-state index contributed by atoms with van der Waals surface area (Å²) in [5, 5.41) is 0.747. The van der Waals surface area contributed by atoms with E-state index in [9.17, 15) is 18.0 Å². The second-order valence-corrected chi connectivity index (χ2v) is 9.31. The van der Waals surface area contributed by atoms with Crippen molar-refractivity contribution in [2.24, 2.45) is 0 Å². The summed E-state index contributed by atoms with van der Waals surface area (Å²) >= 11 is 12.0. The molecule has 2 aromatic rings. The molecular formula is C23H23Cl2F3N2O2. The molecule has 0 N–H and O–H groups in total. The Morgan fingerprint density at radius 3 is 2.28 bits per heavy atom. The lowest BCUT2D eigenvalue weighted by Crippen LogP contribution is -2.59. The van der Waals surface area contributed by atoms with Crippen LogP contribution in [0.2, 0.25) is 10.0 Å². The molecule has 0 aliphatic carbocycles. The Kier molecular flexibility index (Phi) is 6.73. The fraction of sp³-hybridized carbons (Fsp3) is 0.435. The van der Waals surface area contributed by atoms with Gasteiger partial charge in [-0.25, -0.2) is 0 Å². The smallest absolute Gasteiger partial charge is 0.364 e. The molecule has 0 saturated carbocycles. The van der Waals surface area contributed by atoms with Crippen LogP contribution in [0, 0.1) is 0 Å². The number of hydrogen-bond acceptors (Lipinski definition) is 3. The molecule has 9 heteroatoms. The van der Waals surface area contributed by atoms with E-state index in [2.05, 4.69) is 0 Å². The Balaban J connectivity index is 1.50. The predicted molar refractivity (Wildman–Crippen MR) is 117 cm³/mol. The lowest BCUT2D eigenvalue weighted by molar-refractivity contribution is -0.205. The van der Waals surface area contributed by atoms with E-state index in [0.29, 0.717) is 41.5 Å². The minimum atomic E-state index is -4.29. The Morgan fingerprint density at radius 1 is 1.06 bits per heavy atom. The molecule has 0 bridgehead atoms. The molecule has 0 aromatic heterocycles. The minimum Gasteiger partial charge on any atom is -0.364 e. The number of likely N-dealkylation sites (tertiary alicyclic amines) is 1. The molecule has 2 aliphatic rings. The van der Waals surface area contributed by atoms with Crippen molar-refractivity contribution in [2.75, 3.05) is 32.7 Å². The van der Waals surface area contributed by atoms with E-state index in [1.807, 2.05) is 30.3 Å². The molecule has 2 heterocycles. The summed E-state index contributed by atoms with van der Waals surface area (Å²) in [6.07, 6.45) is -3.85. The lowest BCUT2D eigenvalue weighted by atomic mass is 9.87. The van der Waals surface area contributed by atoms with Crippen molar-refractivity contribution in [3.8, 4) is 0 Å². The maximum atomic E-state index is 13.2. The molecular weight excluding hydrogens is 464 g/mol. The molecule has 4 rings (SSSR count). The van der Waals surface area contributed by atoms with E-state index in [4.69, 9.17) is 27.9 Å². The second kappa shape index (κ2) is 9.21. The fourth-order valence-electron chi connectivity index (χ4n) is 4.55. The number of piperidine rings is 1. The van der Waals surface area contributed by atoms with Gasteiger partial charge in [0.25, 0.3) is 5.91 Å². The number of ether oxygens (including phenoxy) is 1.